The summed E-state index contributed by atoms with van der Waals surface area (Å²) in [6.07, 6.45) is 7.72. The van der Waals surface area contributed by atoms with E-state index in [1.807, 2.05) is 53.2 Å². The second kappa shape index (κ2) is 11.4. The van der Waals surface area contributed by atoms with Crippen molar-refractivity contribution in [1.82, 2.24) is 34.5 Å². The van der Waals surface area contributed by atoms with Crippen LogP contribution < -0.4 is 0 Å². The van der Waals surface area contributed by atoms with E-state index < -0.39 is 6.10 Å². The number of aromatic nitrogens is 7. The third kappa shape index (κ3) is 6.35. The molecule has 0 saturated heterocycles. The SMILES string of the molecule is C[C@H](O)c1nccn1Cc1cc(-c2ccc(C#Cc3ccc(COCCn4cncn4)nc3)cc2)on1. The van der Waals surface area contributed by atoms with Gasteiger partial charge in [-0.05, 0) is 43.3 Å². The van der Waals surface area contributed by atoms with Crippen LogP contribution in [-0.2, 0) is 24.4 Å². The number of benzene rings is 1. The Morgan fingerprint density at radius 3 is 2.65 bits per heavy atom. The Morgan fingerprint density at radius 2 is 1.89 bits per heavy atom. The molecular formula is C27H25N7O3. The molecule has 0 unspecified atom stereocenters. The van der Waals surface area contributed by atoms with Gasteiger partial charge in [0.05, 0.1) is 32.0 Å². The van der Waals surface area contributed by atoms with Crippen molar-refractivity contribution < 1.29 is 14.4 Å². The van der Waals surface area contributed by atoms with Gasteiger partial charge in [0.1, 0.15) is 30.3 Å². The molecular weight excluding hydrogens is 470 g/mol. The Morgan fingerprint density at radius 1 is 1.05 bits per heavy atom. The first-order valence-corrected chi connectivity index (χ1v) is 11.8. The van der Waals surface area contributed by atoms with Gasteiger partial charge in [-0.3, -0.25) is 9.67 Å². The van der Waals surface area contributed by atoms with Crippen LogP contribution in [-0.4, -0.2) is 46.2 Å². The first-order valence-electron chi connectivity index (χ1n) is 11.8. The Hall–Kier alpha value is -4.59. The molecule has 5 rings (SSSR count). The highest BCUT2D eigenvalue weighted by atomic mass is 16.5. The van der Waals surface area contributed by atoms with Gasteiger partial charge in [0.15, 0.2) is 5.76 Å². The van der Waals surface area contributed by atoms with Crippen LogP contribution in [0.5, 0.6) is 0 Å². The first kappa shape index (κ1) is 24.1. The molecule has 37 heavy (non-hydrogen) atoms. The zero-order valence-corrected chi connectivity index (χ0v) is 20.2. The Labute approximate surface area is 213 Å². The van der Waals surface area contributed by atoms with Gasteiger partial charge < -0.3 is 18.9 Å². The maximum atomic E-state index is 9.83. The van der Waals surface area contributed by atoms with Crippen LogP contribution >= 0.6 is 0 Å². The van der Waals surface area contributed by atoms with Crippen molar-refractivity contribution in [2.75, 3.05) is 6.61 Å². The molecule has 4 heterocycles. The van der Waals surface area contributed by atoms with Crippen LogP contribution in [0.2, 0.25) is 0 Å². The summed E-state index contributed by atoms with van der Waals surface area (Å²) in [4.78, 5) is 12.5. The summed E-state index contributed by atoms with van der Waals surface area (Å²) >= 11 is 0. The molecule has 1 aromatic carbocycles. The minimum atomic E-state index is -0.653. The number of aliphatic hydroxyl groups excluding tert-OH is 1. The summed E-state index contributed by atoms with van der Waals surface area (Å²) in [6, 6.07) is 13.5. The van der Waals surface area contributed by atoms with Gasteiger partial charge in [-0.2, -0.15) is 5.10 Å². The average Bonchev–Trinajstić information content (AvgIpc) is 3.69. The summed E-state index contributed by atoms with van der Waals surface area (Å²) in [5.74, 6) is 7.55. The fourth-order valence-corrected chi connectivity index (χ4v) is 3.65. The quantitative estimate of drug-likeness (QED) is 0.245. The number of nitrogens with zero attached hydrogens (tertiary/aromatic N) is 7. The van der Waals surface area contributed by atoms with E-state index in [1.165, 1.54) is 6.33 Å². The molecule has 10 nitrogen and oxygen atoms in total. The molecule has 0 radical (unpaired) electrons. The van der Waals surface area contributed by atoms with Gasteiger partial charge in [0, 0.05) is 41.3 Å². The van der Waals surface area contributed by atoms with E-state index in [0.717, 1.165) is 28.1 Å². The summed E-state index contributed by atoms with van der Waals surface area (Å²) in [5.41, 5.74) is 4.20. The predicted molar refractivity (Wildman–Crippen MR) is 134 cm³/mol. The van der Waals surface area contributed by atoms with Crippen LogP contribution in [0.15, 0.2) is 78.2 Å². The number of hydrogen-bond donors (Lipinski definition) is 1. The molecule has 10 heteroatoms. The minimum absolute atomic E-state index is 0.428. The Kier molecular flexibility index (Phi) is 7.45. The average molecular weight is 496 g/mol. The molecule has 0 fully saturated rings. The standard InChI is InChI=1S/C27H25N7O3/c1-20(35)27-29-10-11-33(27)16-25-14-26(37-32-25)23-7-4-21(5-8-23)2-3-22-6-9-24(30-15-22)17-36-13-12-34-19-28-18-31-34/h4-11,14-15,18-20,35H,12-13,16-17H2,1H3/t20-/m0/s1. The summed E-state index contributed by atoms with van der Waals surface area (Å²) in [7, 11) is 0. The summed E-state index contributed by atoms with van der Waals surface area (Å²) < 4.78 is 14.7. The Bertz CT molecular complexity index is 1480. The second-order valence-electron chi connectivity index (χ2n) is 8.35. The van der Waals surface area contributed by atoms with Crippen molar-refractivity contribution >= 4 is 0 Å². The Balaban J connectivity index is 1.14. The van der Waals surface area contributed by atoms with Gasteiger partial charge in [-0.15, -0.1) is 0 Å². The number of hydrogen-bond acceptors (Lipinski definition) is 8. The first-order chi connectivity index (χ1) is 18.1. The highest BCUT2D eigenvalue weighted by Gasteiger charge is 2.12. The van der Waals surface area contributed by atoms with Crippen molar-refractivity contribution in [3.8, 4) is 23.2 Å². The smallest absolute Gasteiger partial charge is 0.167 e. The molecule has 0 bridgehead atoms. The second-order valence-corrected chi connectivity index (χ2v) is 8.35. The van der Waals surface area contributed by atoms with Gasteiger partial charge in [-0.25, -0.2) is 9.97 Å². The summed E-state index contributed by atoms with van der Waals surface area (Å²) in [5, 5.41) is 18.0. The molecule has 5 aromatic rings. The molecule has 0 saturated carbocycles. The maximum Gasteiger partial charge on any atom is 0.167 e. The van der Waals surface area contributed by atoms with Gasteiger partial charge in [-0.1, -0.05) is 17.0 Å². The molecule has 1 atom stereocenters. The van der Waals surface area contributed by atoms with E-state index in [4.69, 9.17) is 9.26 Å². The van der Waals surface area contributed by atoms with E-state index in [2.05, 4.69) is 37.0 Å². The van der Waals surface area contributed by atoms with Crippen LogP contribution in [0.25, 0.3) is 11.3 Å². The van der Waals surface area contributed by atoms with E-state index in [0.29, 0.717) is 37.9 Å². The van der Waals surface area contributed by atoms with Crippen molar-refractivity contribution in [3.63, 3.8) is 0 Å². The molecule has 1 N–H and O–H groups in total. The van der Waals surface area contributed by atoms with Crippen molar-refractivity contribution in [2.24, 2.45) is 0 Å². The zero-order chi connectivity index (χ0) is 25.5. The van der Waals surface area contributed by atoms with Crippen LogP contribution in [0.4, 0.5) is 0 Å². The lowest BCUT2D eigenvalue weighted by Crippen LogP contribution is -2.07. The van der Waals surface area contributed by atoms with Gasteiger partial charge in [0.2, 0.25) is 0 Å². The molecule has 4 aromatic heterocycles. The third-order valence-corrected chi connectivity index (χ3v) is 5.54. The minimum Gasteiger partial charge on any atom is -0.385 e. The van der Waals surface area contributed by atoms with Crippen LogP contribution in [0.3, 0.4) is 0 Å². The molecule has 0 aliphatic carbocycles. The van der Waals surface area contributed by atoms with Crippen molar-refractivity contribution in [1.29, 1.82) is 0 Å². The lowest BCUT2D eigenvalue weighted by Gasteiger charge is -2.07. The number of ether oxygens (including phenoxy) is 1. The van der Waals surface area contributed by atoms with Crippen LogP contribution in [0, 0.1) is 11.8 Å². The van der Waals surface area contributed by atoms with Gasteiger partial charge >= 0.3 is 0 Å². The highest BCUT2D eigenvalue weighted by molar-refractivity contribution is 5.59. The molecule has 186 valence electrons. The number of imidazole rings is 1. The largest absolute Gasteiger partial charge is 0.385 e. The fraction of sp³-hybridized carbons (Fsp3) is 0.222. The lowest BCUT2D eigenvalue weighted by molar-refractivity contribution is 0.108. The molecule has 0 aliphatic rings. The topological polar surface area (TPSA) is 117 Å². The van der Waals surface area contributed by atoms with E-state index in [9.17, 15) is 5.11 Å². The number of pyridine rings is 1. The van der Waals surface area contributed by atoms with Crippen LogP contribution in [0.1, 0.15) is 41.4 Å². The fourth-order valence-electron chi connectivity index (χ4n) is 3.65. The van der Waals surface area contributed by atoms with E-state index in [-0.39, 0.29) is 0 Å². The van der Waals surface area contributed by atoms with E-state index in [1.54, 1.807) is 30.3 Å². The van der Waals surface area contributed by atoms with E-state index >= 15 is 0 Å². The number of aliphatic hydroxyl groups is 1. The lowest BCUT2D eigenvalue weighted by atomic mass is 10.1. The monoisotopic (exact) mass is 495 g/mol. The maximum absolute atomic E-state index is 9.83. The molecule has 0 spiro atoms. The highest BCUT2D eigenvalue weighted by Crippen LogP contribution is 2.22. The van der Waals surface area contributed by atoms with Crippen molar-refractivity contribution in [2.45, 2.75) is 32.7 Å². The molecule has 0 amide bonds. The molecule has 0 aliphatic heterocycles. The normalized spacial score (nSPS) is 11.7. The van der Waals surface area contributed by atoms with Gasteiger partial charge in [0.25, 0.3) is 0 Å². The summed E-state index contributed by atoms with van der Waals surface area (Å²) in [6.45, 7) is 3.76. The third-order valence-electron chi connectivity index (χ3n) is 5.54. The number of rotatable bonds is 9. The predicted octanol–water partition coefficient (Wildman–Crippen LogP) is 3.24. The zero-order valence-electron chi connectivity index (χ0n) is 20.2. The van der Waals surface area contributed by atoms with Crippen molar-refractivity contribution in [3.05, 3.63) is 102 Å².